The average molecular weight is 523 g/mol. The molecule has 0 aliphatic carbocycles. The Morgan fingerprint density at radius 1 is 1.09 bits per heavy atom. The summed E-state index contributed by atoms with van der Waals surface area (Å²) >= 11 is 11.5. The maximum absolute atomic E-state index is 14.4. The molecule has 174 valence electrons. The van der Waals surface area contributed by atoms with Crippen molar-refractivity contribution in [3.63, 3.8) is 0 Å². The zero-order chi connectivity index (χ0) is 24.1. The Morgan fingerprint density at radius 2 is 1.72 bits per heavy atom. The number of hydrogen-bond acceptors (Lipinski definition) is 4. The number of nitrogens with one attached hydrogen (secondary N) is 1. The Morgan fingerprint density at radius 3 is 2.25 bits per heavy atom. The standard InChI is InChI=1S/C17H10Cl2F6N2O4S/c18-11-3-8(1-2-10(11)17(23,24)25)31-14-5-13(20)9(4-12(14)19)15(28)26-32(29,30)27-6-16(21,22)7-27/h1-5H,6-7H2,(H,26,28). The van der Waals surface area contributed by atoms with Gasteiger partial charge in [-0.15, -0.1) is 0 Å². The van der Waals surface area contributed by atoms with Crippen LogP contribution in [-0.2, 0) is 16.4 Å². The first-order valence-electron chi connectivity index (χ1n) is 8.33. The number of nitrogens with zero attached hydrogens (tertiary/aromatic N) is 1. The molecule has 6 nitrogen and oxygen atoms in total. The number of benzene rings is 2. The van der Waals surface area contributed by atoms with Crippen LogP contribution >= 0.6 is 23.2 Å². The molecule has 3 rings (SSSR count). The van der Waals surface area contributed by atoms with Crippen molar-refractivity contribution in [3.05, 3.63) is 57.3 Å². The topological polar surface area (TPSA) is 75.7 Å². The number of hydrogen-bond donors (Lipinski definition) is 1. The number of halogens is 8. The van der Waals surface area contributed by atoms with Gasteiger partial charge >= 0.3 is 16.4 Å². The van der Waals surface area contributed by atoms with Gasteiger partial charge in [0, 0.05) is 12.1 Å². The number of alkyl halides is 5. The fraction of sp³-hybridized carbons (Fsp3) is 0.235. The normalized spacial score (nSPS) is 16.4. The summed E-state index contributed by atoms with van der Waals surface area (Å²) in [5.41, 5.74) is -1.97. The minimum Gasteiger partial charge on any atom is -0.456 e. The van der Waals surface area contributed by atoms with Gasteiger partial charge in [0.15, 0.2) is 0 Å². The largest absolute Gasteiger partial charge is 0.456 e. The number of amides is 1. The monoisotopic (exact) mass is 522 g/mol. The van der Waals surface area contributed by atoms with Gasteiger partial charge in [0.05, 0.1) is 34.3 Å². The van der Waals surface area contributed by atoms with E-state index in [0.29, 0.717) is 18.2 Å². The predicted molar refractivity (Wildman–Crippen MR) is 101 cm³/mol. The van der Waals surface area contributed by atoms with E-state index in [2.05, 4.69) is 0 Å². The molecule has 0 atom stereocenters. The van der Waals surface area contributed by atoms with E-state index in [1.165, 1.54) is 4.72 Å². The van der Waals surface area contributed by atoms with Gasteiger partial charge in [-0.05, 0) is 18.2 Å². The molecular formula is C17H10Cl2F6N2O4S. The molecule has 0 saturated carbocycles. The van der Waals surface area contributed by atoms with Crippen LogP contribution in [0.5, 0.6) is 11.5 Å². The minimum absolute atomic E-state index is 0.234. The van der Waals surface area contributed by atoms with Gasteiger partial charge in [0.25, 0.3) is 11.8 Å². The van der Waals surface area contributed by atoms with Gasteiger partial charge in [-0.2, -0.15) is 25.9 Å². The van der Waals surface area contributed by atoms with Gasteiger partial charge in [-0.3, -0.25) is 4.79 Å². The van der Waals surface area contributed by atoms with Gasteiger partial charge < -0.3 is 4.74 Å². The first kappa shape index (κ1) is 24.4. The van der Waals surface area contributed by atoms with E-state index in [4.69, 9.17) is 27.9 Å². The second-order valence-corrected chi connectivity index (χ2v) is 9.05. The first-order chi connectivity index (χ1) is 14.6. The van der Waals surface area contributed by atoms with Crippen molar-refractivity contribution in [3.8, 4) is 11.5 Å². The van der Waals surface area contributed by atoms with Crippen molar-refractivity contribution in [2.24, 2.45) is 0 Å². The second kappa shape index (κ2) is 8.28. The highest BCUT2D eigenvalue weighted by molar-refractivity contribution is 7.87. The Kier molecular flexibility index (Phi) is 6.32. The number of ether oxygens (including phenoxy) is 1. The van der Waals surface area contributed by atoms with E-state index in [1.807, 2.05) is 0 Å². The fourth-order valence-electron chi connectivity index (χ4n) is 2.57. The molecule has 1 fully saturated rings. The van der Waals surface area contributed by atoms with Crippen molar-refractivity contribution in [1.82, 2.24) is 9.03 Å². The molecule has 1 aliphatic rings. The van der Waals surface area contributed by atoms with Gasteiger partial charge in [0.1, 0.15) is 17.3 Å². The van der Waals surface area contributed by atoms with Gasteiger partial charge in [-0.1, -0.05) is 23.2 Å². The van der Waals surface area contributed by atoms with E-state index < -0.39 is 74.0 Å². The van der Waals surface area contributed by atoms with Crippen LogP contribution in [0.1, 0.15) is 15.9 Å². The summed E-state index contributed by atoms with van der Waals surface area (Å²) in [6, 6.07) is 3.64. The molecule has 2 aromatic carbocycles. The Labute approximate surface area is 186 Å². The molecule has 0 bridgehead atoms. The van der Waals surface area contributed by atoms with Gasteiger partial charge in [0.2, 0.25) is 0 Å². The number of carbonyl (C=O) groups excluding carboxylic acids is 1. The smallest absolute Gasteiger partial charge is 0.417 e. The lowest BCUT2D eigenvalue weighted by Crippen LogP contribution is -2.61. The fourth-order valence-corrected chi connectivity index (χ4v) is 4.24. The third-order valence-electron chi connectivity index (χ3n) is 4.12. The van der Waals surface area contributed by atoms with Crippen LogP contribution in [0.4, 0.5) is 26.3 Å². The lowest BCUT2D eigenvalue weighted by Gasteiger charge is -2.37. The van der Waals surface area contributed by atoms with E-state index >= 15 is 0 Å². The van der Waals surface area contributed by atoms with Crippen LogP contribution in [-0.4, -0.2) is 37.6 Å². The summed E-state index contributed by atoms with van der Waals surface area (Å²) < 4.78 is 109. The molecule has 1 N–H and O–H groups in total. The molecule has 2 aromatic rings. The molecule has 0 spiro atoms. The van der Waals surface area contributed by atoms with Gasteiger partial charge in [-0.25, -0.2) is 17.9 Å². The summed E-state index contributed by atoms with van der Waals surface area (Å²) in [5, 5.41) is -1.09. The summed E-state index contributed by atoms with van der Waals surface area (Å²) in [6.07, 6.45) is -4.71. The molecule has 0 unspecified atom stereocenters. The van der Waals surface area contributed by atoms with Crippen LogP contribution in [0.3, 0.4) is 0 Å². The molecular weight excluding hydrogens is 513 g/mol. The Bertz CT molecular complexity index is 1180. The molecule has 32 heavy (non-hydrogen) atoms. The SMILES string of the molecule is O=C(NS(=O)(=O)N1CC(F)(F)C1)c1cc(Cl)c(Oc2ccc(C(F)(F)F)c(Cl)c2)cc1F. The summed E-state index contributed by atoms with van der Waals surface area (Å²) in [7, 11) is -4.64. The van der Waals surface area contributed by atoms with Crippen molar-refractivity contribution in [1.29, 1.82) is 0 Å². The summed E-state index contributed by atoms with van der Waals surface area (Å²) in [4.78, 5) is 12.1. The van der Waals surface area contributed by atoms with Crippen molar-refractivity contribution in [2.45, 2.75) is 12.1 Å². The molecule has 1 saturated heterocycles. The predicted octanol–water partition coefficient (Wildman–Crippen LogP) is 4.87. The van der Waals surface area contributed by atoms with Crippen LogP contribution in [0, 0.1) is 5.82 Å². The zero-order valence-electron chi connectivity index (χ0n) is 15.3. The van der Waals surface area contributed by atoms with Crippen LogP contribution in [0.2, 0.25) is 10.0 Å². The second-order valence-electron chi connectivity index (χ2n) is 6.56. The maximum Gasteiger partial charge on any atom is 0.417 e. The van der Waals surface area contributed by atoms with E-state index in [0.717, 1.165) is 12.1 Å². The highest BCUT2D eigenvalue weighted by atomic mass is 35.5. The lowest BCUT2D eigenvalue weighted by molar-refractivity contribution is -0.137. The van der Waals surface area contributed by atoms with Crippen molar-refractivity contribution >= 4 is 39.3 Å². The molecule has 1 amide bonds. The molecule has 15 heteroatoms. The molecule has 1 heterocycles. The number of carbonyl (C=O) groups is 1. The average Bonchev–Trinajstić information content (AvgIpc) is 2.61. The van der Waals surface area contributed by atoms with E-state index in [9.17, 15) is 39.6 Å². The number of rotatable bonds is 5. The molecule has 1 aliphatic heterocycles. The molecule has 0 radical (unpaired) electrons. The Balaban J connectivity index is 1.78. The highest BCUT2D eigenvalue weighted by Crippen LogP contribution is 2.38. The van der Waals surface area contributed by atoms with E-state index in [-0.39, 0.29) is 10.1 Å². The zero-order valence-corrected chi connectivity index (χ0v) is 17.6. The third kappa shape index (κ3) is 5.22. The third-order valence-corrected chi connectivity index (χ3v) is 6.11. The minimum atomic E-state index is -4.71. The first-order valence-corrected chi connectivity index (χ1v) is 10.5. The molecule has 0 aromatic heterocycles. The van der Waals surface area contributed by atoms with Crippen LogP contribution in [0.25, 0.3) is 0 Å². The maximum atomic E-state index is 14.4. The lowest BCUT2D eigenvalue weighted by atomic mass is 10.2. The van der Waals surface area contributed by atoms with E-state index in [1.54, 1.807) is 0 Å². The quantitative estimate of drug-likeness (QED) is 0.568. The highest BCUT2D eigenvalue weighted by Gasteiger charge is 2.50. The summed E-state index contributed by atoms with van der Waals surface area (Å²) in [5.74, 6) is -6.66. The summed E-state index contributed by atoms with van der Waals surface area (Å²) in [6.45, 7) is -2.28. The van der Waals surface area contributed by atoms with Crippen LogP contribution in [0.15, 0.2) is 30.3 Å². The van der Waals surface area contributed by atoms with Crippen molar-refractivity contribution in [2.75, 3.05) is 13.1 Å². The Hall–Kier alpha value is -2.22. The van der Waals surface area contributed by atoms with Crippen molar-refractivity contribution < 1.29 is 44.3 Å². The van der Waals surface area contributed by atoms with Crippen LogP contribution < -0.4 is 9.46 Å².